The summed E-state index contributed by atoms with van der Waals surface area (Å²) in [4.78, 5) is 12.4. The Morgan fingerprint density at radius 3 is 3.07 bits per heavy atom. The zero-order chi connectivity index (χ0) is 10.7. The van der Waals surface area contributed by atoms with Crippen LogP contribution in [0.25, 0.3) is 0 Å². The van der Waals surface area contributed by atoms with E-state index >= 15 is 0 Å². The van der Waals surface area contributed by atoms with Crippen molar-refractivity contribution in [3.05, 3.63) is 32.2 Å². The lowest BCUT2D eigenvalue weighted by molar-refractivity contribution is 1.04. The molecule has 0 aromatic carbocycles. The zero-order valence-electron chi connectivity index (χ0n) is 8.07. The molecular weight excluding hydrogens is 323 g/mol. The Morgan fingerprint density at radius 2 is 2.40 bits per heavy atom. The molecule has 4 nitrogen and oxygen atoms in total. The highest BCUT2D eigenvalue weighted by Crippen LogP contribution is 2.15. The minimum absolute atomic E-state index is 0.714. The molecule has 6 heteroatoms. The van der Waals surface area contributed by atoms with E-state index in [4.69, 9.17) is 0 Å². The number of aromatic nitrogens is 3. The van der Waals surface area contributed by atoms with E-state index < -0.39 is 0 Å². The predicted octanol–water partition coefficient (Wildman–Crippen LogP) is 2.46. The van der Waals surface area contributed by atoms with Gasteiger partial charge in [0.1, 0.15) is 17.2 Å². The summed E-state index contributed by atoms with van der Waals surface area (Å²) < 4.78 is 1.02. The lowest BCUT2D eigenvalue weighted by Crippen LogP contribution is -2.03. The first-order chi connectivity index (χ1) is 7.25. The molecule has 78 valence electrons. The average molecular weight is 332 g/mol. The van der Waals surface area contributed by atoms with Gasteiger partial charge >= 0.3 is 0 Å². The summed E-state index contributed by atoms with van der Waals surface area (Å²) in [5.74, 6) is 0.860. The van der Waals surface area contributed by atoms with Gasteiger partial charge in [0.15, 0.2) is 0 Å². The Hall–Kier alpha value is -0.760. The molecule has 0 bridgehead atoms. The molecule has 0 atom stereocenters. The van der Waals surface area contributed by atoms with Crippen LogP contribution in [0, 0.1) is 10.5 Å². The molecule has 0 aliphatic heterocycles. The van der Waals surface area contributed by atoms with E-state index in [0.717, 1.165) is 20.1 Å². The van der Waals surface area contributed by atoms with Crippen LogP contribution in [0.1, 0.15) is 10.7 Å². The molecule has 0 amide bonds. The first kappa shape index (κ1) is 10.7. The van der Waals surface area contributed by atoms with Crippen molar-refractivity contribution in [3.8, 4) is 0 Å². The molecule has 2 heterocycles. The summed E-state index contributed by atoms with van der Waals surface area (Å²) in [6.07, 6.45) is 3.32. The Balaban J connectivity index is 2.02. The van der Waals surface area contributed by atoms with Crippen molar-refractivity contribution >= 4 is 39.7 Å². The third kappa shape index (κ3) is 2.85. The summed E-state index contributed by atoms with van der Waals surface area (Å²) in [5.41, 5.74) is 1.06. The Bertz CT molecular complexity index is 457. The summed E-state index contributed by atoms with van der Waals surface area (Å²) in [5, 5.41) is 6.35. The fourth-order valence-corrected chi connectivity index (χ4v) is 2.29. The van der Waals surface area contributed by atoms with Crippen LogP contribution in [0.2, 0.25) is 0 Å². The molecule has 0 spiro atoms. The number of rotatable bonds is 3. The molecule has 0 aliphatic carbocycles. The van der Waals surface area contributed by atoms with Crippen LogP contribution in [-0.4, -0.2) is 15.0 Å². The Labute approximate surface area is 105 Å². The molecular formula is C9H9IN4S. The SMILES string of the molecule is Cc1csc(CNc2ncncc2I)n1. The molecule has 0 aliphatic rings. The van der Waals surface area contributed by atoms with Gasteiger partial charge in [-0.05, 0) is 29.5 Å². The van der Waals surface area contributed by atoms with Gasteiger partial charge < -0.3 is 5.32 Å². The lowest BCUT2D eigenvalue weighted by Gasteiger charge is -2.03. The van der Waals surface area contributed by atoms with Crippen molar-refractivity contribution in [2.75, 3.05) is 5.32 Å². The molecule has 0 radical (unpaired) electrons. The fourth-order valence-electron chi connectivity index (χ4n) is 1.09. The van der Waals surface area contributed by atoms with Crippen LogP contribution < -0.4 is 5.32 Å². The van der Waals surface area contributed by atoms with Crippen LogP contribution in [0.5, 0.6) is 0 Å². The van der Waals surface area contributed by atoms with Crippen LogP contribution in [0.15, 0.2) is 17.9 Å². The van der Waals surface area contributed by atoms with Crippen LogP contribution in [0.4, 0.5) is 5.82 Å². The van der Waals surface area contributed by atoms with Gasteiger partial charge in [-0.2, -0.15) is 0 Å². The third-order valence-electron chi connectivity index (χ3n) is 1.74. The van der Waals surface area contributed by atoms with Crippen molar-refractivity contribution in [2.24, 2.45) is 0 Å². The predicted molar refractivity (Wildman–Crippen MR) is 68.9 cm³/mol. The van der Waals surface area contributed by atoms with Crippen LogP contribution in [-0.2, 0) is 6.54 Å². The van der Waals surface area contributed by atoms with Gasteiger partial charge in [0, 0.05) is 17.3 Å². The van der Waals surface area contributed by atoms with E-state index in [2.05, 4.69) is 42.9 Å². The van der Waals surface area contributed by atoms with Crippen molar-refractivity contribution < 1.29 is 0 Å². The van der Waals surface area contributed by atoms with E-state index in [1.54, 1.807) is 17.5 Å². The van der Waals surface area contributed by atoms with Crippen LogP contribution >= 0.6 is 33.9 Å². The maximum atomic E-state index is 4.37. The lowest BCUT2D eigenvalue weighted by atomic mass is 10.5. The molecule has 0 saturated carbocycles. The molecule has 0 unspecified atom stereocenters. The summed E-state index contributed by atoms with van der Waals surface area (Å²) in [6.45, 7) is 2.71. The minimum Gasteiger partial charge on any atom is -0.363 e. The van der Waals surface area contributed by atoms with E-state index in [9.17, 15) is 0 Å². The summed E-state index contributed by atoms with van der Waals surface area (Å²) in [7, 11) is 0. The van der Waals surface area contributed by atoms with E-state index in [0.29, 0.717) is 6.54 Å². The number of thiazole rings is 1. The fraction of sp³-hybridized carbons (Fsp3) is 0.222. The Kier molecular flexibility index (Phi) is 3.47. The monoisotopic (exact) mass is 332 g/mol. The van der Waals surface area contributed by atoms with Crippen molar-refractivity contribution in [3.63, 3.8) is 0 Å². The summed E-state index contributed by atoms with van der Waals surface area (Å²) in [6, 6.07) is 0. The minimum atomic E-state index is 0.714. The number of nitrogens with one attached hydrogen (secondary N) is 1. The average Bonchev–Trinajstić information content (AvgIpc) is 2.63. The standard InChI is InChI=1S/C9H9IN4S/c1-6-4-15-8(14-6)3-12-9-7(10)2-11-5-13-9/h2,4-5H,3H2,1H3,(H,11,12,13). The first-order valence-corrected chi connectivity index (χ1v) is 6.32. The molecule has 0 fully saturated rings. The topological polar surface area (TPSA) is 50.7 Å². The maximum Gasteiger partial charge on any atom is 0.143 e. The Morgan fingerprint density at radius 1 is 1.53 bits per heavy atom. The smallest absolute Gasteiger partial charge is 0.143 e. The van der Waals surface area contributed by atoms with Crippen molar-refractivity contribution in [1.82, 2.24) is 15.0 Å². The van der Waals surface area contributed by atoms with Crippen molar-refractivity contribution in [1.29, 1.82) is 0 Å². The molecule has 0 saturated heterocycles. The quantitative estimate of drug-likeness (QED) is 0.878. The molecule has 2 aromatic rings. The second-order valence-corrected chi connectivity index (χ2v) is 5.06. The molecule has 15 heavy (non-hydrogen) atoms. The van der Waals surface area contributed by atoms with Gasteiger partial charge in [0.25, 0.3) is 0 Å². The van der Waals surface area contributed by atoms with E-state index in [-0.39, 0.29) is 0 Å². The number of hydrogen-bond donors (Lipinski definition) is 1. The number of aryl methyl sites for hydroxylation is 1. The van der Waals surface area contributed by atoms with E-state index in [1.807, 2.05) is 12.3 Å². The second kappa shape index (κ2) is 4.84. The normalized spacial score (nSPS) is 10.3. The first-order valence-electron chi connectivity index (χ1n) is 4.36. The van der Waals surface area contributed by atoms with Gasteiger partial charge in [-0.15, -0.1) is 11.3 Å². The van der Waals surface area contributed by atoms with Crippen LogP contribution in [0.3, 0.4) is 0 Å². The highest BCUT2D eigenvalue weighted by Gasteiger charge is 2.02. The van der Waals surface area contributed by atoms with Gasteiger partial charge in [-0.1, -0.05) is 0 Å². The highest BCUT2D eigenvalue weighted by molar-refractivity contribution is 14.1. The number of hydrogen-bond acceptors (Lipinski definition) is 5. The van der Waals surface area contributed by atoms with Gasteiger partial charge in [0.2, 0.25) is 0 Å². The number of halogens is 1. The van der Waals surface area contributed by atoms with Crippen molar-refractivity contribution in [2.45, 2.75) is 13.5 Å². The molecule has 2 aromatic heterocycles. The highest BCUT2D eigenvalue weighted by atomic mass is 127. The third-order valence-corrected chi connectivity index (χ3v) is 3.50. The number of nitrogens with zero attached hydrogens (tertiary/aromatic N) is 3. The molecule has 1 N–H and O–H groups in total. The van der Waals surface area contributed by atoms with Gasteiger partial charge in [0.05, 0.1) is 10.1 Å². The number of anilines is 1. The maximum absolute atomic E-state index is 4.37. The second-order valence-electron chi connectivity index (χ2n) is 2.96. The molecule has 2 rings (SSSR count). The summed E-state index contributed by atoms with van der Waals surface area (Å²) >= 11 is 3.86. The van der Waals surface area contributed by atoms with Gasteiger partial charge in [-0.3, -0.25) is 0 Å². The van der Waals surface area contributed by atoms with E-state index in [1.165, 1.54) is 6.33 Å². The zero-order valence-corrected chi connectivity index (χ0v) is 11.0. The van der Waals surface area contributed by atoms with Gasteiger partial charge in [-0.25, -0.2) is 15.0 Å². The largest absolute Gasteiger partial charge is 0.363 e.